The van der Waals surface area contributed by atoms with Crippen LogP contribution < -0.4 is 10.1 Å². The number of carbonyl (C=O) groups is 1. The van der Waals surface area contributed by atoms with Gasteiger partial charge in [-0.15, -0.1) is 11.6 Å². The summed E-state index contributed by atoms with van der Waals surface area (Å²) < 4.78 is 5.41. The lowest BCUT2D eigenvalue weighted by Crippen LogP contribution is -2.32. The van der Waals surface area contributed by atoms with Gasteiger partial charge < -0.3 is 10.1 Å². The molecule has 1 aromatic carbocycles. The Bertz CT molecular complexity index is 690. The van der Waals surface area contributed by atoms with E-state index in [4.69, 9.17) is 16.3 Å². The van der Waals surface area contributed by atoms with Crippen molar-refractivity contribution in [2.75, 3.05) is 7.11 Å². The molecule has 2 aliphatic rings. The van der Waals surface area contributed by atoms with Gasteiger partial charge in [0.15, 0.2) is 5.78 Å². The summed E-state index contributed by atoms with van der Waals surface area (Å²) in [5.41, 5.74) is 2.92. The summed E-state index contributed by atoms with van der Waals surface area (Å²) in [7, 11) is 1.66. The number of alkyl halides is 1. The molecule has 3 rings (SSSR count). The Morgan fingerprint density at radius 1 is 1.30 bits per heavy atom. The van der Waals surface area contributed by atoms with E-state index in [-0.39, 0.29) is 17.1 Å². The highest BCUT2D eigenvalue weighted by atomic mass is 35.5. The first kappa shape index (κ1) is 15.9. The standard InChI is InChI=1S/C19H20ClNO2/c1-23-18-10-3-2-6-13(18)12-17-14(8-5-11-21-17)15-7-4-9-16(20)19(15)22/h2-3,5-6,8,10-12,15-16,21H,4,7,9H2,1H3. The normalized spacial score (nSPS) is 25.9. The molecule has 1 fully saturated rings. The highest BCUT2D eigenvalue weighted by Gasteiger charge is 2.33. The molecule has 1 N–H and O–H groups in total. The van der Waals surface area contributed by atoms with Crippen LogP contribution in [0.15, 0.2) is 53.9 Å². The molecule has 120 valence electrons. The number of halogens is 1. The number of carbonyl (C=O) groups excluding carboxylic acids is 1. The molecule has 0 radical (unpaired) electrons. The zero-order valence-corrected chi connectivity index (χ0v) is 13.8. The van der Waals surface area contributed by atoms with Crippen molar-refractivity contribution in [2.24, 2.45) is 5.92 Å². The van der Waals surface area contributed by atoms with Crippen LogP contribution in [0.5, 0.6) is 5.75 Å². The summed E-state index contributed by atoms with van der Waals surface area (Å²) in [4.78, 5) is 12.5. The van der Waals surface area contributed by atoms with Crippen LogP contribution in [-0.4, -0.2) is 18.3 Å². The number of ether oxygens (including phenoxy) is 1. The van der Waals surface area contributed by atoms with Crippen molar-refractivity contribution in [3.8, 4) is 5.75 Å². The molecule has 0 saturated heterocycles. The Morgan fingerprint density at radius 2 is 2.13 bits per heavy atom. The van der Waals surface area contributed by atoms with Crippen molar-refractivity contribution in [3.05, 3.63) is 59.5 Å². The van der Waals surface area contributed by atoms with E-state index in [1.54, 1.807) is 7.11 Å². The third kappa shape index (κ3) is 3.35. The SMILES string of the molecule is COc1ccccc1C=C1NC=CC=C1C1CCCC(Cl)C1=O. The van der Waals surface area contributed by atoms with E-state index < -0.39 is 0 Å². The molecule has 1 aliphatic carbocycles. The van der Waals surface area contributed by atoms with Crippen LogP contribution in [0.25, 0.3) is 6.08 Å². The van der Waals surface area contributed by atoms with Crippen LogP contribution in [-0.2, 0) is 4.79 Å². The minimum atomic E-state index is -0.368. The maximum absolute atomic E-state index is 12.5. The fraction of sp³-hybridized carbons (Fsp3) is 0.316. The molecule has 1 heterocycles. The van der Waals surface area contributed by atoms with E-state index in [0.717, 1.165) is 41.8 Å². The number of hydrogen-bond donors (Lipinski definition) is 1. The molecule has 1 aliphatic heterocycles. The highest BCUT2D eigenvalue weighted by Crippen LogP contribution is 2.34. The minimum Gasteiger partial charge on any atom is -0.496 e. The molecule has 2 atom stereocenters. The van der Waals surface area contributed by atoms with Crippen LogP contribution in [0, 0.1) is 5.92 Å². The number of rotatable bonds is 3. The lowest BCUT2D eigenvalue weighted by molar-refractivity contribution is -0.122. The van der Waals surface area contributed by atoms with Crippen molar-refractivity contribution >= 4 is 23.5 Å². The van der Waals surface area contributed by atoms with E-state index in [2.05, 4.69) is 5.32 Å². The Balaban J connectivity index is 1.95. The van der Waals surface area contributed by atoms with E-state index in [0.29, 0.717) is 0 Å². The molecular weight excluding hydrogens is 310 g/mol. The Hall–Kier alpha value is -2.00. The molecule has 0 aromatic heterocycles. The van der Waals surface area contributed by atoms with Gasteiger partial charge in [0, 0.05) is 23.4 Å². The lowest BCUT2D eigenvalue weighted by atomic mass is 9.80. The van der Waals surface area contributed by atoms with Crippen LogP contribution in [0.1, 0.15) is 24.8 Å². The third-order valence-corrected chi connectivity index (χ3v) is 4.77. The fourth-order valence-electron chi connectivity index (χ4n) is 3.15. The maximum Gasteiger partial charge on any atom is 0.158 e. The van der Waals surface area contributed by atoms with Crippen LogP contribution >= 0.6 is 11.6 Å². The number of para-hydroxylation sites is 1. The first-order chi connectivity index (χ1) is 11.2. The quantitative estimate of drug-likeness (QED) is 0.850. The Kier molecular flexibility index (Phi) is 4.87. The number of hydrogen-bond acceptors (Lipinski definition) is 3. The second-order valence-electron chi connectivity index (χ2n) is 5.78. The zero-order valence-electron chi connectivity index (χ0n) is 13.1. The first-order valence-electron chi connectivity index (χ1n) is 7.87. The summed E-state index contributed by atoms with van der Waals surface area (Å²) in [5, 5.41) is 2.90. The molecule has 23 heavy (non-hydrogen) atoms. The second-order valence-corrected chi connectivity index (χ2v) is 6.31. The largest absolute Gasteiger partial charge is 0.496 e. The average molecular weight is 330 g/mol. The van der Waals surface area contributed by atoms with Gasteiger partial charge in [-0.1, -0.05) is 30.7 Å². The second kappa shape index (κ2) is 7.05. The summed E-state index contributed by atoms with van der Waals surface area (Å²) in [6.07, 6.45) is 10.4. The Labute approximate surface area is 141 Å². The van der Waals surface area contributed by atoms with Crippen molar-refractivity contribution in [3.63, 3.8) is 0 Å². The maximum atomic E-state index is 12.5. The number of ketones is 1. The van der Waals surface area contributed by atoms with Gasteiger partial charge in [0.2, 0.25) is 0 Å². The molecule has 2 unspecified atom stereocenters. The fourth-order valence-corrected chi connectivity index (χ4v) is 3.45. The number of allylic oxidation sites excluding steroid dienone is 3. The molecule has 0 spiro atoms. The molecule has 4 heteroatoms. The van der Waals surface area contributed by atoms with Gasteiger partial charge in [-0.3, -0.25) is 4.79 Å². The van der Waals surface area contributed by atoms with Crippen molar-refractivity contribution in [1.82, 2.24) is 5.32 Å². The topological polar surface area (TPSA) is 38.3 Å². The molecule has 0 bridgehead atoms. The number of nitrogens with one attached hydrogen (secondary N) is 1. The summed E-state index contributed by atoms with van der Waals surface area (Å²) in [6, 6.07) is 7.83. The van der Waals surface area contributed by atoms with Gasteiger partial charge >= 0.3 is 0 Å². The number of Topliss-reactive ketones (excluding diaryl/α,β-unsaturated/α-hetero) is 1. The van der Waals surface area contributed by atoms with Crippen LogP contribution in [0.4, 0.5) is 0 Å². The van der Waals surface area contributed by atoms with Crippen molar-refractivity contribution in [2.45, 2.75) is 24.6 Å². The van der Waals surface area contributed by atoms with E-state index in [1.807, 2.05) is 48.7 Å². The van der Waals surface area contributed by atoms with Gasteiger partial charge in [0.1, 0.15) is 5.75 Å². The van der Waals surface area contributed by atoms with Crippen LogP contribution in [0.2, 0.25) is 0 Å². The average Bonchev–Trinajstić information content (AvgIpc) is 2.59. The van der Waals surface area contributed by atoms with Gasteiger partial charge in [0.25, 0.3) is 0 Å². The van der Waals surface area contributed by atoms with E-state index >= 15 is 0 Å². The molecule has 3 nitrogen and oxygen atoms in total. The molecule has 1 saturated carbocycles. The van der Waals surface area contributed by atoms with Crippen molar-refractivity contribution < 1.29 is 9.53 Å². The first-order valence-corrected chi connectivity index (χ1v) is 8.30. The third-order valence-electron chi connectivity index (χ3n) is 4.34. The minimum absolute atomic E-state index is 0.132. The lowest BCUT2D eigenvalue weighted by Gasteiger charge is -2.29. The van der Waals surface area contributed by atoms with Gasteiger partial charge in [-0.2, -0.15) is 0 Å². The summed E-state index contributed by atoms with van der Waals surface area (Å²) in [6.45, 7) is 0. The number of benzene rings is 1. The van der Waals surface area contributed by atoms with Crippen LogP contribution in [0.3, 0.4) is 0 Å². The van der Waals surface area contributed by atoms with Crippen molar-refractivity contribution in [1.29, 1.82) is 0 Å². The smallest absolute Gasteiger partial charge is 0.158 e. The zero-order chi connectivity index (χ0) is 16.2. The number of methoxy groups -OCH3 is 1. The monoisotopic (exact) mass is 329 g/mol. The molecule has 0 amide bonds. The predicted octanol–water partition coefficient (Wildman–Crippen LogP) is 4.06. The predicted molar refractivity (Wildman–Crippen MR) is 93.3 cm³/mol. The Morgan fingerprint density at radius 3 is 2.96 bits per heavy atom. The van der Waals surface area contributed by atoms with E-state index in [1.165, 1.54) is 0 Å². The molecule has 1 aromatic rings. The summed E-state index contributed by atoms with van der Waals surface area (Å²) >= 11 is 6.18. The highest BCUT2D eigenvalue weighted by molar-refractivity contribution is 6.31. The van der Waals surface area contributed by atoms with E-state index in [9.17, 15) is 4.79 Å². The van der Waals surface area contributed by atoms with Gasteiger partial charge in [-0.05, 0) is 36.6 Å². The van der Waals surface area contributed by atoms with Gasteiger partial charge in [-0.25, -0.2) is 0 Å². The number of dihydropyridines is 1. The molecular formula is C19H20ClNO2. The van der Waals surface area contributed by atoms with Gasteiger partial charge in [0.05, 0.1) is 12.5 Å². The summed E-state index contributed by atoms with van der Waals surface area (Å²) in [5.74, 6) is 0.803.